The Bertz CT molecular complexity index is 454. The van der Waals surface area contributed by atoms with Crippen molar-refractivity contribution in [2.45, 2.75) is 0 Å². The number of carbonyl (C=O) groups excluding carboxylic acids is 2. The van der Waals surface area contributed by atoms with Gasteiger partial charge in [0.15, 0.2) is 24.1 Å². The highest BCUT2D eigenvalue weighted by molar-refractivity contribution is 7.12. The predicted octanol–water partition coefficient (Wildman–Crippen LogP) is 2.81. The molecular formula is C10H6O4S2. The number of aldehydes is 2. The Balaban J connectivity index is 2.07. The zero-order valence-corrected chi connectivity index (χ0v) is 9.55. The van der Waals surface area contributed by atoms with Gasteiger partial charge in [0.1, 0.15) is 9.75 Å². The molecule has 2 aromatic rings. The summed E-state index contributed by atoms with van der Waals surface area (Å²) in [5.41, 5.74) is 0. The molecule has 0 aliphatic carbocycles. The molecule has 4 nitrogen and oxygen atoms in total. The van der Waals surface area contributed by atoms with E-state index in [1.807, 2.05) is 0 Å². The van der Waals surface area contributed by atoms with Crippen molar-refractivity contribution < 1.29 is 19.4 Å². The Hall–Kier alpha value is -1.66. The van der Waals surface area contributed by atoms with Crippen molar-refractivity contribution in [1.82, 2.24) is 0 Å². The van der Waals surface area contributed by atoms with Crippen LogP contribution in [0.3, 0.4) is 0 Å². The first-order valence-electron chi connectivity index (χ1n) is 4.25. The Morgan fingerprint density at radius 2 is 1.31 bits per heavy atom. The van der Waals surface area contributed by atoms with Crippen molar-refractivity contribution in [2.75, 3.05) is 0 Å². The number of carbonyl (C=O) groups is 2. The molecule has 0 atom stereocenters. The van der Waals surface area contributed by atoms with Gasteiger partial charge in [-0.3, -0.25) is 19.4 Å². The third-order valence-electron chi connectivity index (χ3n) is 1.75. The van der Waals surface area contributed by atoms with E-state index >= 15 is 0 Å². The smallest absolute Gasteiger partial charge is 0.199 e. The maximum absolute atomic E-state index is 10.6. The molecule has 0 N–H and O–H groups in total. The fourth-order valence-corrected chi connectivity index (χ4v) is 2.24. The van der Waals surface area contributed by atoms with Crippen molar-refractivity contribution in [3.8, 4) is 11.5 Å². The molecule has 0 amide bonds. The first-order valence-corrected chi connectivity index (χ1v) is 6.01. The zero-order valence-electron chi connectivity index (χ0n) is 7.91. The second-order valence-electron chi connectivity index (χ2n) is 2.70. The van der Waals surface area contributed by atoms with Gasteiger partial charge in [0.2, 0.25) is 0 Å². The SMILES string of the molecule is O=Cc1sccc1OOc1ccsc1C=O. The third kappa shape index (κ3) is 2.12. The van der Waals surface area contributed by atoms with Gasteiger partial charge in [-0.15, -0.1) is 22.7 Å². The monoisotopic (exact) mass is 254 g/mol. The van der Waals surface area contributed by atoms with Crippen LogP contribution in [0.1, 0.15) is 19.3 Å². The summed E-state index contributed by atoms with van der Waals surface area (Å²) in [4.78, 5) is 32.0. The molecule has 0 aromatic carbocycles. The summed E-state index contributed by atoms with van der Waals surface area (Å²) in [7, 11) is 0. The van der Waals surface area contributed by atoms with E-state index in [0.717, 1.165) is 0 Å². The maximum Gasteiger partial charge on any atom is 0.199 e. The molecule has 0 bridgehead atoms. The molecule has 0 aliphatic rings. The molecule has 6 heteroatoms. The average Bonchev–Trinajstić information content (AvgIpc) is 2.94. The first kappa shape index (κ1) is 10.8. The first-order chi connectivity index (χ1) is 7.85. The molecule has 0 radical (unpaired) electrons. The van der Waals surface area contributed by atoms with Crippen LogP contribution in [0.5, 0.6) is 11.5 Å². The molecule has 2 aromatic heterocycles. The van der Waals surface area contributed by atoms with Gasteiger partial charge in [-0.2, -0.15) is 0 Å². The van der Waals surface area contributed by atoms with Crippen molar-refractivity contribution in [2.24, 2.45) is 0 Å². The van der Waals surface area contributed by atoms with Crippen LogP contribution in [0, 0.1) is 0 Å². The van der Waals surface area contributed by atoms with E-state index < -0.39 is 0 Å². The van der Waals surface area contributed by atoms with Gasteiger partial charge in [0.05, 0.1) is 0 Å². The summed E-state index contributed by atoms with van der Waals surface area (Å²) in [5, 5.41) is 3.44. The van der Waals surface area contributed by atoms with Gasteiger partial charge >= 0.3 is 0 Å². The van der Waals surface area contributed by atoms with Crippen LogP contribution >= 0.6 is 22.7 Å². The van der Waals surface area contributed by atoms with E-state index in [1.54, 1.807) is 22.9 Å². The van der Waals surface area contributed by atoms with Crippen LogP contribution in [0.15, 0.2) is 22.9 Å². The van der Waals surface area contributed by atoms with Crippen molar-refractivity contribution >= 4 is 35.2 Å². The fraction of sp³-hybridized carbons (Fsp3) is 0. The Morgan fingerprint density at radius 3 is 1.69 bits per heavy atom. The summed E-state index contributed by atoms with van der Waals surface area (Å²) in [6.07, 6.45) is 1.38. The molecule has 16 heavy (non-hydrogen) atoms. The lowest BCUT2D eigenvalue weighted by Crippen LogP contribution is -2.01. The topological polar surface area (TPSA) is 52.6 Å². The highest BCUT2D eigenvalue weighted by Gasteiger charge is 2.09. The van der Waals surface area contributed by atoms with Crippen LogP contribution < -0.4 is 9.78 Å². The van der Waals surface area contributed by atoms with Crippen LogP contribution in [-0.2, 0) is 0 Å². The van der Waals surface area contributed by atoms with E-state index in [-0.39, 0.29) is 0 Å². The second-order valence-corrected chi connectivity index (χ2v) is 4.60. The number of thiophene rings is 2. The van der Waals surface area contributed by atoms with Crippen molar-refractivity contribution in [3.63, 3.8) is 0 Å². The van der Waals surface area contributed by atoms with Crippen LogP contribution in [0.25, 0.3) is 0 Å². The summed E-state index contributed by atoms with van der Waals surface area (Å²) in [6.45, 7) is 0. The summed E-state index contributed by atoms with van der Waals surface area (Å²) < 4.78 is 0. The molecule has 0 spiro atoms. The van der Waals surface area contributed by atoms with Crippen LogP contribution in [-0.4, -0.2) is 12.6 Å². The Kier molecular flexibility index (Phi) is 3.33. The highest BCUT2D eigenvalue weighted by atomic mass is 32.1. The maximum atomic E-state index is 10.6. The molecule has 0 saturated heterocycles. The third-order valence-corrected chi connectivity index (χ3v) is 3.40. The largest absolute Gasteiger partial charge is 0.297 e. The molecule has 0 fully saturated rings. The van der Waals surface area contributed by atoms with Crippen LogP contribution in [0.4, 0.5) is 0 Å². The quantitative estimate of drug-likeness (QED) is 0.467. The normalized spacial score (nSPS) is 9.75. The van der Waals surface area contributed by atoms with Crippen molar-refractivity contribution in [3.05, 3.63) is 32.6 Å². The highest BCUT2D eigenvalue weighted by Crippen LogP contribution is 2.26. The lowest BCUT2D eigenvalue weighted by molar-refractivity contribution is -0.0996. The van der Waals surface area contributed by atoms with Gasteiger partial charge in [-0.05, 0) is 22.9 Å². The standard InChI is InChI=1S/C10H6O4S2/c11-5-9-7(1-3-15-9)13-14-8-2-4-16-10(8)6-12/h1-6H. The lowest BCUT2D eigenvalue weighted by Gasteiger charge is -2.02. The average molecular weight is 254 g/mol. The summed E-state index contributed by atoms with van der Waals surface area (Å²) in [6, 6.07) is 3.25. The molecule has 82 valence electrons. The molecule has 0 aliphatic heterocycles. The van der Waals surface area contributed by atoms with E-state index in [0.29, 0.717) is 33.8 Å². The number of hydrogen-bond donors (Lipinski definition) is 0. The number of hydrogen-bond acceptors (Lipinski definition) is 6. The van der Waals surface area contributed by atoms with E-state index in [2.05, 4.69) is 0 Å². The predicted molar refractivity (Wildman–Crippen MR) is 60.7 cm³/mol. The zero-order chi connectivity index (χ0) is 11.4. The van der Waals surface area contributed by atoms with Gasteiger partial charge < -0.3 is 0 Å². The van der Waals surface area contributed by atoms with Gasteiger partial charge in [0.25, 0.3) is 0 Å². The van der Waals surface area contributed by atoms with E-state index in [1.165, 1.54) is 22.7 Å². The van der Waals surface area contributed by atoms with Gasteiger partial charge in [-0.1, -0.05) is 0 Å². The van der Waals surface area contributed by atoms with Crippen molar-refractivity contribution in [1.29, 1.82) is 0 Å². The Labute approximate surface area is 99.0 Å². The summed E-state index contributed by atoms with van der Waals surface area (Å²) >= 11 is 2.51. The fourth-order valence-electron chi connectivity index (χ4n) is 1.02. The minimum absolute atomic E-state index is 0.350. The lowest BCUT2D eigenvalue weighted by atomic mass is 10.4. The van der Waals surface area contributed by atoms with Crippen LogP contribution in [0.2, 0.25) is 0 Å². The van der Waals surface area contributed by atoms with E-state index in [9.17, 15) is 9.59 Å². The second kappa shape index (κ2) is 4.91. The minimum Gasteiger partial charge on any atom is -0.297 e. The van der Waals surface area contributed by atoms with Gasteiger partial charge in [-0.25, -0.2) is 0 Å². The molecule has 0 saturated carbocycles. The number of rotatable bonds is 5. The molecule has 2 rings (SSSR count). The Morgan fingerprint density at radius 1 is 0.875 bits per heavy atom. The molecule has 0 unspecified atom stereocenters. The minimum atomic E-state index is 0.350. The van der Waals surface area contributed by atoms with E-state index in [4.69, 9.17) is 9.78 Å². The molecular weight excluding hydrogens is 248 g/mol. The molecule has 2 heterocycles. The van der Waals surface area contributed by atoms with Gasteiger partial charge in [0, 0.05) is 0 Å². The summed E-state index contributed by atoms with van der Waals surface area (Å²) in [5.74, 6) is 0.700.